The van der Waals surface area contributed by atoms with Gasteiger partial charge in [-0.3, -0.25) is 4.18 Å². The molecule has 0 radical (unpaired) electrons. The van der Waals surface area contributed by atoms with Gasteiger partial charge in [-0.05, 0) is 11.1 Å². The molecular weight excluding hydrogens is 202 g/mol. The summed E-state index contributed by atoms with van der Waals surface area (Å²) < 4.78 is 29.7. The van der Waals surface area contributed by atoms with Gasteiger partial charge in [-0.2, -0.15) is 13.1 Å². The Labute approximate surface area is 82.1 Å². The summed E-state index contributed by atoms with van der Waals surface area (Å²) in [6, 6.07) is 7.63. The normalized spacial score (nSPS) is 32.6. The lowest BCUT2D eigenvalue weighted by Gasteiger charge is -2.04. The second-order valence-electron chi connectivity index (χ2n) is 3.59. The van der Waals surface area contributed by atoms with E-state index in [1.54, 1.807) is 0 Å². The van der Waals surface area contributed by atoms with Crippen molar-refractivity contribution >= 4 is 10.3 Å². The van der Waals surface area contributed by atoms with Gasteiger partial charge in [-0.15, -0.1) is 0 Å². The molecule has 0 saturated carbocycles. The first-order chi connectivity index (χ1) is 6.66. The molecule has 1 N–H and O–H groups in total. The van der Waals surface area contributed by atoms with Gasteiger partial charge in [0.05, 0.1) is 6.04 Å². The van der Waals surface area contributed by atoms with Gasteiger partial charge in [0.1, 0.15) is 6.10 Å². The fraction of sp³-hybridized carbons (Fsp3) is 0.333. The summed E-state index contributed by atoms with van der Waals surface area (Å²) in [6.07, 6.45) is 0.421. The quantitative estimate of drug-likeness (QED) is 0.680. The van der Waals surface area contributed by atoms with Crippen molar-refractivity contribution in [1.29, 1.82) is 0 Å². The molecule has 5 heteroatoms. The maximum atomic E-state index is 11.1. The highest BCUT2D eigenvalue weighted by Crippen LogP contribution is 2.38. The van der Waals surface area contributed by atoms with Crippen molar-refractivity contribution in [1.82, 2.24) is 4.72 Å². The van der Waals surface area contributed by atoms with Crippen LogP contribution in [0.15, 0.2) is 24.3 Å². The highest BCUT2D eigenvalue weighted by atomic mass is 32.2. The van der Waals surface area contributed by atoms with Gasteiger partial charge in [0.2, 0.25) is 0 Å². The largest absolute Gasteiger partial charge is 0.336 e. The standard InChI is InChI=1S/C9H9NO3S/c11-14(12)10-9-7-4-2-1-3-6(7)5-8(9)13-14/h1-4,8-10H,5H2/t8-,9?/m0/s1. The van der Waals surface area contributed by atoms with E-state index in [4.69, 9.17) is 4.18 Å². The van der Waals surface area contributed by atoms with Crippen molar-refractivity contribution in [2.75, 3.05) is 0 Å². The Morgan fingerprint density at radius 1 is 1.36 bits per heavy atom. The second-order valence-corrected chi connectivity index (χ2v) is 4.92. The van der Waals surface area contributed by atoms with E-state index in [-0.39, 0.29) is 12.1 Å². The molecule has 2 atom stereocenters. The van der Waals surface area contributed by atoms with E-state index in [9.17, 15) is 8.42 Å². The van der Waals surface area contributed by atoms with Crippen LogP contribution in [0.5, 0.6) is 0 Å². The molecule has 1 saturated heterocycles. The van der Waals surface area contributed by atoms with Gasteiger partial charge in [-0.25, -0.2) is 0 Å². The van der Waals surface area contributed by atoms with Crippen molar-refractivity contribution < 1.29 is 12.6 Å². The predicted molar refractivity (Wildman–Crippen MR) is 49.8 cm³/mol. The molecule has 74 valence electrons. The number of hydrogen-bond acceptors (Lipinski definition) is 3. The second kappa shape index (κ2) is 2.56. The van der Waals surface area contributed by atoms with Crippen LogP contribution in [-0.4, -0.2) is 14.5 Å². The van der Waals surface area contributed by atoms with Crippen molar-refractivity contribution in [3.63, 3.8) is 0 Å². The maximum Gasteiger partial charge on any atom is 0.336 e. The lowest BCUT2D eigenvalue weighted by atomic mass is 10.1. The van der Waals surface area contributed by atoms with E-state index in [1.165, 1.54) is 5.56 Å². The molecule has 0 bridgehead atoms. The molecule has 2 aliphatic rings. The molecule has 1 aromatic rings. The van der Waals surface area contributed by atoms with Crippen molar-refractivity contribution in [2.24, 2.45) is 0 Å². The molecule has 1 unspecified atom stereocenters. The number of benzene rings is 1. The van der Waals surface area contributed by atoms with Crippen LogP contribution >= 0.6 is 0 Å². The topological polar surface area (TPSA) is 55.4 Å². The summed E-state index contributed by atoms with van der Waals surface area (Å²) >= 11 is 0. The fourth-order valence-corrected chi connectivity index (χ4v) is 3.28. The Hall–Kier alpha value is -0.910. The van der Waals surface area contributed by atoms with Crippen LogP contribution in [0, 0.1) is 0 Å². The first-order valence-corrected chi connectivity index (χ1v) is 5.85. The van der Waals surface area contributed by atoms with Gasteiger partial charge in [0, 0.05) is 6.42 Å². The lowest BCUT2D eigenvalue weighted by molar-refractivity contribution is 0.229. The molecule has 1 aliphatic carbocycles. The molecule has 0 amide bonds. The van der Waals surface area contributed by atoms with Crippen molar-refractivity contribution in [2.45, 2.75) is 18.6 Å². The number of fused-ring (bicyclic) bond motifs is 3. The molecule has 1 aromatic carbocycles. The molecule has 1 aliphatic heterocycles. The number of nitrogens with one attached hydrogen (secondary N) is 1. The van der Waals surface area contributed by atoms with Gasteiger partial charge in [0.25, 0.3) is 0 Å². The maximum absolute atomic E-state index is 11.1. The number of rotatable bonds is 0. The van der Waals surface area contributed by atoms with E-state index in [0.717, 1.165) is 5.56 Å². The number of hydrogen-bond donors (Lipinski definition) is 1. The van der Waals surface area contributed by atoms with Crippen LogP contribution < -0.4 is 4.72 Å². The Balaban J connectivity index is 2.08. The van der Waals surface area contributed by atoms with Crippen molar-refractivity contribution in [3.8, 4) is 0 Å². The van der Waals surface area contributed by atoms with Crippen LogP contribution in [-0.2, 0) is 20.9 Å². The minimum absolute atomic E-state index is 0.184. The summed E-state index contributed by atoms with van der Waals surface area (Å²) in [4.78, 5) is 0. The van der Waals surface area contributed by atoms with E-state index < -0.39 is 10.3 Å². The van der Waals surface area contributed by atoms with Crippen LogP contribution in [0.3, 0.4) is 0 Å². The van der Waals surface area contributed by atoms with Gasteiger partial charge >= 0.3 is 10.3 Å². The van der Waals surface area contributed by atoms with Gasteiger partial charge in [-0.1, -0.05) is 24.3 Å². The summed E-state index contributed by atoms with van der Waals surface area (Å²) in [7, 11) is -3.50. The molecule has 0 aromatic heterocycles. The molecule has 1 fully saturated rings. The fourth-order valence-electron chi connectivity index (χ4n) is 2.13. The zero-order valence-corrected chi connectivity index (χ0v) is 8.12. The molecule has 14 heavy (non-hydrogen) atoms. The third-order valence-electron chi connectivity index (χ3n) is 2.70. The average molecular weight is 211 g/mol. The van der Waals surface area contributed by atoms with E-state index in [2.05, 4.69) is 4.72 Å². The average Bonchev–Trinajstić information content (AvgIpc) is 2.56. The molecule has 0 spiro atoms. The summed E-state index contributed by atoms with van der Waals surface area (Å²) in [5.74, 6) is 0. The van der Waals surface area contributed by atoms with E-state index in [1.807, 2.05) is 24.3 Å². The molecule has 1 heterocycles. The van der Waals surface area contributed by atoms with Crippen molar-refractivity contribution in [3.05, 3.63) is 35.4 Å². The van der Waals surface area contributed by atoms with Gasteiger partial charge in [0.15, 0.2) is 0 Å². The Bertz CT molecular complexity index is 483. The van der Waals surface area contributed by atoms with Crippen LogP contribution in [0.25, 0.3) is 0 Å². The van der Waals surface area contributed by atoms with Crippen LogP contribution in [0.4, 0.5) is 0 Å². The lowest BCUT2D eigenvalue weighted by Crippen LogP contribution is -2.19. The van der Waals surface area contributed by atoms with Crippen LogP contribution in [0.1, 0.15) is 17.2 Å². The predicted octanol–water partition coefficient (Wildman–Crippen LogP) is 0.517. The first kappa shape index (κ1) is 8.40. The third kappa shape index (κ3) is 1.10. The summed E-state index contributed by atoms with van der Waals surface area (Å²) in [5, 5.41) is 0. The summed E-state index contributed by atoms with van der Waals surface area (Å²) in [6.45, 7) is 0. The minimum Gasteiger partial charge on any atom is -0.252 e. The molecule has 3 rings (SSSR count). The zero-order chi connectivity index (χ0) is 9.76. The highest BCUT2D eigenvalue weighted by molar-refractivity contribution is 7.85. The minimum atomic E-state index is -3.50. The Morgan fingerprint density at radius 2 is 2.14 bits per heavy atom. The first-order valence-electron chi connectivity index (χ1n) is 4.44. The molecular formula is C9H9NO3S. The third-order valence-corrected chi connectivity index (χ3v) is 3.75. The Morgan fingerprint density at radius 3 is 3.00 bits per heavy atom. The van der Waals surface area contributed by atoms with Gasteiger partial charge < -0.3 is 0 Å². The Kier molecular flexibility index (Phi) is 1.54. The zero-order valence-electron chi connectivity index (χ0n) is 7.30. The summed E-state index contributed by atoms with van der Waals surface area (Å²) in [5.41, 5.74) is 2.21. The van der Waals surface area contributed by atoms with E-state index >= 15 is 0 Å². The smallest absolute Gasteiger partial charge is 0.252 e. The van der Waals surface area contributed by atoms with Crippen LogP contribution in [0.2, 0.25) is 0 Å². The highest BCUT2D eigenvalue weighted by Gasteiger charge is 2.44. The monoisotopic (exact) mass is 211 g/mol. The van der Waals surface area contributed by atoms with E-state index in [0.29, 0.717) is 6.42 Å². The molecule has 4 nitrogen and oxygen atoms in total. The SMILES string of the molecule is O=S1(=O)NC2c3ccccc3C[C@@H]2O1.